The van der Waals surface area contributed by atoms with Crippen LogP contribution in [0.2, 0.25) is 0 Å². The zero-order valence-electron chi connectivity index (χ0n) is 18.3. The van der Waals surface area contributed by atoms with Gasteiger partial charge >= 0.3 is 0 Å². The van der Waals surface area contributed by atoms with Crippen LogP contribution in [0, 0.1) is 5.41 Å². The lowest BCUT2D eigenvalue weighted by Crippen LogP contribution is -2.55. The van der Waals surface area contributed by atoms with Crippen LogP contribution in [0.15, 0.2) is 29.3 Å². The van der Waals surface area contributed by atoms with E-state index in [1.807, 2.05) is 33.3 Å². The summed E-state index contributed by atoms with van der Waals surface area (Å²) in [4.78, 5) is 23.7. The van der Waals surface area contributed by atoms with Crippen LogP contribution in [0.5, 0.6) is 5.75 Å². The highest BCUT2D eigenvalue weighted by molar-refractivity contribution is 5.85. The van der Waals surface area contributed by atoms with Gasteiger partial charge in [0.2, 0.25) is 5.91 Å². The van der Waals surface area contributed by atoms with E-state index in [9.17, 15) is 4.79 Å². The predicted octanol–water partition coefficient (Wildman–Crippen LogP) is 2.04. The molecule has 1 saturated carbocycles. The molecule has 160 valence electrons. The Hall–Kier alpha value is -2.44. The van der Waals surface area contributed by atoms with E-state index < -0.39 is 0 Å². The Morgan fingerprint density at radius 3 is 2.28 bits per heavy atom. The zero-order valence-corrected chi connectivity index (χ0v) is 18.3. The second-order valence-electron chi connectivity index (χ2n) is 8.26. The van der Waals surface area contributed by atoms with Gasteiger partial charge in [0.1, 0.15) is 5.75 Å². The smallest absolute Gasteiger partial charge is 0.230 e. The number of nitrogens with zero attached hydrogens (tertiary/aromatic N) is 4. The number of guanidine groups is 1. The van der Waals surface area contributed by atoms with Gasteiger partial charge < -0.3 is 24.8 Å². The fourth-order valence-electron chi connectivity index (χ4n) is 4.54. The van der Waals surface area contributed by atoms with Gasteiger partial charge in [-0.15, -0.1) is 0 Å². The fourth-order valence-corrected chi connectivity index (χ4v) is 4.54. The number of anilines is 1. The Morgan fingerprint density at radius 2 is 1.76 bits per heavy atom. The molecule has 1 saturated heterocycles. The number of amides is 1. The van der Waals surface area contributed by atoms with Gasteiger partial charge in [-0.2, -0.15) is 0 Å². The lowest BCUT2D eigenvalue weighted by atomic mass is 9.84. The third-order valence-electron chi connectivity index (χ3n) is 6.23. The molecule has 1 amide bonds. The zero-order chi connectivity index (χ0) is 20.9. The molecule has 29 heavy (non-hydrogen) atoms. The van der Waals surface area contributed by atoms with Crippen molar-refractivity contribution in [3.05, 3.63) is 24.3 Å². The van der Waals surface area contributed by atoms with Crippen molar-refractivity contribution in [3.63, 3.8) is 0 Å². The summed E-state index contributed by atoms with van der Waals surface area (Å²) in [5.74, 6) is 2.02. The molecule has 1 aromatic carbocycles. The van der Waals surface area contributed by atoms with Crippen molar-refractivity contribution < 1.29 is 9.53 Å². The maximum absolute atomic E-state index is 12.8. The summed E-state index contributed by atoms with van der Waals surface area (Å²) >= 11 is 0. The monoisotopic (exact) mass is 401 g/mol. The van der Waals surface area contributed by atoms with Gasteiger partial charge in [0.15, 0.2) is 5.96 Å². The van der Waals surface area contributed by atoms with Gasteiger partial charge in [0.05, 0.1) is 12.5 Å². The number of rotatable bonds is 5. The maximum atomic E-state index is 12.8. The number of piperazine rings is 1. The van der Waals surface area contributed by atoms with Crippen LogP contribution in [-0.4, -0.2) is 82.6 Å². The summed E-state index contributed by atoms with van der Waals surface area (Å²) in [7, 11) is 7.23. The average Bonchev–Trinajstić information content (AvgIpc) is 3.24. The number of hydrogen-bond acceptors (Lipinski definition) is 4. The molecule has 2 aliphatic rings. The summed E-state index contributed by atoms with van der Waals surface area (Å²) in [5.41, 5.74) is 0.930. The number of hydrogen-bond donors (Lipinski definition) is 1. The van der Waals surface area contributed by atoms with Crippen LogP contribution < -0.4 is 15.0 Å². The molecule has 7 nitrogen and oxygen atoms in total. The largest absolute Gasteiger partial charge is 0.497 e. The predicted molar refractivity (Wildman–Crippen MR) is 118 cm³/mol. The van der Waals surface area contributed by atoms with E-state index in [1.165, 1.54) is 5.69 Å². The topological polar surface area (TPSA) is 60.4 Å². The average molecular weight is 402 g/mol. The van der Waals surface area contributed by atoms with Crippen molar-refractivity contribution in [2.75, 3.05) is 65.9 Å². The molecule has 1 heterocycles. The lowest BCUT2D eigenvalue weighted by Gasteiger charge is -2.39. The van der Waals surface area contributed by atoms with Crippen LogP contribution in [0.1, 0.15) is 25.7 Å². The van der Waals surface area contributed by atoms with Gasteiger partial charge in [-0.1, -0.05) is 12.8 Å². The summed E-state index contributed by atoms with van der Waals surface area (Å²) in [6.45, 7) is 4.35. The molecule has 0 aromatic heterocycles. The number of carbonyl (C=O) groups excluding carboxylic acids is 1. The Balaban J connectivity index is 1.56. The first kappa shape index (κ1) is 21.3. The summed E-state index contributed by atoms with van der Waals surface area (Å²) in [6.07, 6.45) is 4.17. The third-order valence-corrected chi connectivity index (χ3v) is 6.23. The number of ether oxygens (including phenoxy) is 1. The van der Waals surface area contributed by atoms with Crippen LogP contribution in [0.25, 0.3) is 0 Å². The van der Waals surface area contributed by atoms with Crippen molar-refractivity contribution in [1.29, 1.82) is 0 Å². The molecular formula is C22H35N5O2. The van der Waals surface area contributed by atoms with Gasteiger partial charge in [0.25, 0.3) is 0 Å². The molecule has 0 bridgehead atoms. The van der Waals surface area contributed by atoms with Crippen LogP contribution in [-0.2, 0) is 4.79 Å². The van der Waals surface area contributed by atoms with Crippen molar-refractivity contribution in [1.82, 2.24) is 15.1 Å². The number of carbonyl (C=O) groups is 1. The van der Waals surface area contributed by atoms with E-state index in [0.29, 0.717) is 6.54 Å². The minimum Gasteiger partial charge on any atom is -0.497 e. The highest BCUT2D eigenvalue weighted by Crippen LogP contribution is 2.39. The van der Waals surface area contributed by atoms with Gasteiger partial charge in [-0.05, 0) is 37.1 Å². The number of methoxy groups -OCH3 is 1. The molecule has 1 aliphatic carbocycles. The first-order chi connectivity index (χ1) is 14.0. The molecule has 1 N–H and O–H groups in total. The molecule has 0 spiro atoms. The first-order valence-electron chi connectivity index (χ1n) is 10.6. The van der Waals surface area contributed by atoms with Crippen molar-refractivity contribution in [2.24, 2.45) is 10.4 Å². The molecule has 2 fully saturated rings. The van der Waals surface area contributed by atoms with E-state index in [1.54, 1.807) is 12.0 Å². The number of benzene rings is 1. The minimum absolute atomic E-state index is 0.238. The number of aliphatic imine (C=N–C) groups is 1. The second kappa shape index (κ2) is 9.37. The molecule has 1 aliphatic heterocycles. The van der Waals surface area contributed by atoms with E-state index in [0.717, 1.165) is 63.6 Å². The SMILES string of the molecule is CN=C(NCC1(C(=O)N(C)C)CCCC1)N1CCN(c2ccc(OC)cc2)CC1. The Bertz CT molecular complexity index is 702. The molecule has 0 atom stereocenters. The molecule has 0 unspecified atom stereocenters. The number of nitrogens with one attached hydrogen (secondary N) is 1. The second-order valence-corrected chi connectivity index (χ2v) is 8.26. The summed E-state index contributed by atoms with van der Waals surface area (Å²) < 4.78 is 5.25. The Labute approximate surface area is 174 Å². The molecule has 1 aromatic rings. The minimum atomic E-state index is -0.287. The summed E-state index contributed by atoms with van der Waals surface area (Å²) in [5, 5.41) is 3.52. The maximum Gasteiger partial charge on any atom is 0.230 e. The standard InChI is InChI=1S/C22H35N5O2/c1-23-21(24-17-22(11-5-6-12-22)20(28)25(2)3)27-15-13-26(14-16-27)18-7-9-19(29-4)10-8-18/h7-10H,5-6,11-17H2,1-4H3,(H,23,24). The normalized spacial score (nSPS) is 19.2. The molecule has 7 heteroatoms. The Morgan fingerprint density at radius 1 is 1.14 bits per heavy atom. The summed E-state index contributed by atoms with van der Waals surface area (Å²) in [6, 6.07) is 8.23. The van der Waals surface area contributed by atoms with Crippen molar-refractivity contribution >= 4 is 17.6 Å². The first-order valence-corrected chi connectivity index (χ1v) is 10.6. The lowest BCUT2D eigenvalue weighted by molar-refractivity contribution is -0.138. The highest BCUT2D eigenvalue weighted by atomic mass is 16.5. The fraction of sp³-hybridized carbons (Fsp3) is 0.636. The van der Waals surface area contributed by atoms with Crippen molar-refractivity contribution in [3.8, 4) is 5.75 Å². The molecule has 3 rings (SSSR count). The highest BCUT2D eigenvalue weighted by Gasteiger charge is 2.42. The van der Waals surface area contributed by atoms with E-state index in [4.69, 9.17) is 4.74 Å². The molecular weight excluding hydrogens is 366 g/mol. The van der Waals surface area contributed by atoms with Gasteiger partial charge in [-0.25, -0.2) is 0 Å². The van der Waals surface area contributed by atoms with E-state index >= 15 is 0 Å². The van der Waals surface area contributed by atoms with Crippen LogP contribution in [0.4, 0.5) is 5.69 Å². The van der Waals surface area contributed by atoms with Crippen LogP contribution >= 0.6 is 0 Å². The van der Waals surface area contributed by atoms with Crippen molar-refractivity contribution in [2.45, 2.75) is 25.7 Å². The van der Waals surface area contributed by atoms with Gasteiger partial charge in [-0.3, -0.25) is 9.79 Å². The van der Waals surface area contributed by atoms with E-state index in [-0.39, 0.29) is 11.3 Å². The third kappa shape index (κ3) is 4.77. The van der Waals surface area contributed by atoms with E-state index in [2.05, 4.69) is 32.2 Å². The van der Waals surface area contributed by atoms with Crippen LogP contribution in [0.3, 0.4) is 0 Å². The van der Waals surface area contributed by atoms with Gasteiger partial charge in [0, 0.05) is 59.6 Å². The quantitative estimate of drug-likeness (QED) is 0.604. The molecule has 0 radical (unpaired) electrons. The Kier molecular flexibility index (Phi) is 6.87.